The highest BCUT2D eigenvalue weighted by Gasteiger charge is 2.18. The van der Waals surface area contributed by atoms with Gasteiger partial charge in [0.05, 0.1) is 0 Å². The molecular weight excluding hydrogens is 182 g/mol. The highest BCUT2D eigenvalue weighted by Crippen LogP contribution is 2.25. The van der Waals surface area contributed by atoms with Crippen LogP contribution < -0.4 is 5.32 Å². The Morgan fingerprint density at radius 1 is 1.46 bits per heavy atom. The predicted octanol–water partition coefficient (Wildman–Crippen LogP) is 2.63. The molecule has 0 saturated heterocycles. The molecule has 1 aromatic rings. The van der Waals surface area contributed by atoms with Crippen molar-refractivity contribution in [1.82, 2.24) is 9.36 Å². The van der Waals surface area contributed by atoms with E-state index in [-0.39, 0.29) is 0 Å². The Hall–Kier alpha value is -0.640. The van der Waals surface area contributed by atoms with Crippen molar-refractivity contribution in [2.45, 2.75) is 45.1 Å². The van der Waals surface area contributed by atoms with Crippen molar-refractivity contribution in [3.63, 3.8) is 0 Å². The zero-order chi connectivity index (χ0) is 9.26. The number of anilines is 1. The van der Waals surface area contributed by atoms with Crippen LogP contribution in [0, 0.1) is 0 Å². The Labute approximate surface area is 82.8 Å². The summed E-state index contributed by atoms with van der Waals surface area (Å²) >= 11 is 1.48. The van der Waals surface area contributed by atoms with Crippen LogP contribution in [-0.4, -0.2) is 15.4 Å². The molecule has 0 spiro atoms. The summed E-state index contributed by atoms with van der Waals surface area (Å²) in [5.41, 5.74) is 0. The molecule has 1 saturated carbocycles. The quantitative estimate of drug-likeness (QED) is 0.809. The maximum absolute atomic E-state index is 4.43. The average Bonchev–Trinajstić information content (AvgIpc) is 2.44. The van der Waals surface area contributed by atoms with Crippen molar-refractivity contribution < 1.29 is 0 Å². The van der Waals surface area contributed by atoms with Crippen LogP contribution in [0.5, 0.6) is 0 Å². The van der Waals surface area contributed by atoms with Crippen LogP contribution >= 0.6 is 11.5 Å². The standard InChI is InChI=1S/C9H15N3S/c1-6(2)8-11-9(13-12-8)10-7-4-3-5-7/h6-7H,3-5H2,1-2H3,(H,10,11,12). The third-order valence-electron chi connectivity index (χ3n) is 2.39. The van der Waals surface area contributed by atoms with Gasteiger partial charge in [-0.2, -0.15) is 4.37 Å². The molecule has 0 aromatic carbocycles. The van der Waals surface area contributed by atoms with Crippen LogP contribution in [0.15, 0.2) is 0 Å². The second-order valence-corrected chi connectivity index (χ2v) is 4.64. The van der Waals surface area contributed by atoms with Gasteiger partial charge in [-0.1, -0.05) is 13.8 Å². The fraction of sp³-hybridized carbons (Fsp3) is 0.778. The molecule has 0 amide bonds. The van der Waals surface area contributed by atoms with Gasteiger partial charge in [0, 0.05) is 23.5 Å². The summed E-state index contributed by atoms with van der Waals surface area (Å²) in [7, 11) is 0. The zero-order valence-electron chi connectivity index (χ0n) is 8.08. The molecule has 1 aromatic heterocycles. The largest absolute Gasteiger partial charge is 0.358 e. The number of rotatable bonds is 3. The van der Waals surface area contributed by atoms with Gasteiger partial charge in [0.15, 0.2) is 0 Å². The highest BCUT2D eigenvalue weighted by atomic mass is 32.1. The van der Waals surface area contributed by atoms with Gasteiger partial charge in [-0.25, -0.2) is 4.98 Å². The third kappa shape index (κ3) is 1.99. The van der Waals surface area contributed by atoms with Gasteiger partial charge in [-0.05, 0) is 19.3 Å². The molecule has 13 heavy (non-hydrogen) atoms. The first-order valence-corrected chi connectivity index (χ1v) is 5.63. The van der Waals surface area contributed by atoms with Gasteiger partial charge in [0.25, 0.3) is 0 Å². The predicted molar refractivity (Wildman–Crippen MR) is 55.3 cm³/mol. The maximum Gasteiger partial charge on any atom is 0.202 e. The Balaban J connectivity index is 1.96. The molecule has 0 bridgehead atoms. The van der Waals surface area contributed by atoms with Gasteiger partial charge in [0.2, 0.25) is 5.13 Å². The summed E-state index contributed by atoms with van der Waals surface area (Å²) in [5, 5.41) is 4.39. The van der Waals surface area contributed by atoms with Crippen molar-refractivity contribution in [2.75, 3.05) is 5.32 Å². The fourth-order valence-electron chi connectivity index (χ4n) is 1.26. The lowest BCUT2D eigenvalue weighted by atomic mass is 9.93. The molecule has 1 fully saturated rings. The van der Waals surface area contributed by atoms with E-state index in [1.165, 1.54) is 30.8 Å². The average molecular weight is 197 g/mol. The monoisotopic (exact) mass is 197 g/mol. The molecule has 2 rings (SSSR count). The minimum atomic E-state index is 0.438. The molecule has 0 radical (unpaired) electrons. The third-order valence-corrected chi connectivity index (χ3v) is 3.05. The van der Waals surface area contributed by atoms with E-state index < -0.39 is 0 Å². The van der Waals surface area contributed by atoms with Crippen molar-refractivity contribution >= 4 is 16.7 Å². The normalized spacial score (nSPS) is 17.5. The molecule has 1 aliphatic carbocycles. The van der Waals surface area contributed by atoms with Gasteiger partial charge in [-0.15, -0.1) is 0 Å². The first-order valence-electron chi connectivity index (χ1n) is 4.86. The summed E-state index contributed by atoms with van der Waals surface area (Å²) < 4.78 is 4.30. The van der Waals surface area contributed by atoms with Crippen molar-refractivity contribution in [3.05, 3.63) is 5.82 Å². The smallest absolute Gasteiger partial charge is 0.202 e. The summed E-state index contributed by atoms with van der Waals surface area (Å²) in [6.07, 6.45) is 3.93. The van der Waals surface area contributed by atoms with Crippen LogP contribution in [0.2, 0.25) is 0 Å². The second-order valence-electron chi connectivity index (χ2n) is 3.88. The highest BCUT2D eigenvalue weighted by molar-refractivity contribution is 7.09. The van der Waals surface area contributed by atoms with Crippen LogP contribution in [-0.2, 0) is 0 Å². The summed E-state index contributed by atoms with van der Waals surface area (Å²) in [5.74, 6) is 1.40. The van der Waals surface area contributed by atoms with Gasteiger partial charge >= 0.3 is 0 Å². The number of nitrogens with one attached hydrogen (secondary N) is 1. The Morgan fingerprint density at radius 3 is 2.69 bits per heavy atom. The lowest BCUT2D eigenvalue weighted by Gasteiger charge is -2.25. The Morgan fingerprint density at radius 2 is 2.23 bits per heavy atom. The lowest BCUT2D eigenvalue weighted by molar-refractivity contribution is 0.445. The van der Waals surface area contributed by atoms with E-state index in [4.69, 9.17) is 0 Å². The second kappa shape index (κ2) is 3.62. The van der Waals surface area contributed by atoms with E-state index >= 15 is 0 Å². The molecule has 72 valence electrons. The lowest BCUT2D eigenvalue weighted by Crippen LogP contribution is -2.26. The molecule has 1 aliphatic rings. The molecular formula is C9H15N3S. The van der Waals surface area contributed by atoms with E-state index in [1.54, 1.807) is 0 Å². The molecule has 0 atom stereocenters. The van der Waals surface area contributed by atoms with E-state index in [9.17, 15) is 0 Å². The molecule has 1 heterocycles. The number of nitrogens with zero attached hydrogens (tertiary/aromatic N) is 2. The maximum atomic E-state index is 4.43. The minimum Gasteiger partial charge on any atom is -0.358 e. The van der Waals surface area contributed by atoms with Gasteiger partial charge in [0.1, 0.15) is 5.82 Å². The topological polar surface area (TPSA) is 37.8 Å². The zero-order valence-corrected chi connectivity index (χ0v) is 8.90. The summed E-state index contributed by atoms with van der Waals surface area (Å²) in [6, 6.07) is 0.660. The molecule has 3 nitrogen and oxygen atoms in total. The van der Waals surface area contributed by atoms with E-state index in [2.05, 4.69) is 28.5 Å². The van der Waals surface area contributed by atoms with Crippen LogP contribution in [0.3, 0.4) is 0 Å². The van der Waals surface area contributed by atoms with Gasteiger partial charge < -0.3 is 5.32 Å². The SMILES string of the molecule is CC(C)c1nsc(NC2CCC2)n1. The fourth-order valence-corrected chi connectivity index (χ4v) is 2.04. The molecule has 0 aliphatic heterocycles. The van der Waals surface area contributed by atoms with E-state index in [1.807, 2.05) is 0 Å². The van der Waals surface area contributed by atoms with Crippen molar-refractivity contribution in [3.8, 4) is 0 Å². The van der Waals surface area contributed by atoms with Crippen molar-refractivity contribution in [2.24, 2.45) is 0 Å². The van der Waals surface area contributed by atoms with Crippen LogP contribution in [0.1, 0.15) is 44.9 Å². The molecule has 4 heteroatoms. The minimum absolute atomic E-state index is 0.438. The van der Waals surface area contributed by atoms with Gasteiger partial charge in [-0.3, -0.25) is 0 Å². The first-order chi connectivity index (χ1) is 6.25. The number of hydrogen-bond donors (Lipinski definition) is 1. The van der Waals surface area contributed by atoms with Crippen LogP contribution in [0.25, 0.3) is 0 Å². The van der Waals surface area contributed by atoms with E-state index in [0.29, 0.717) is 12.0 Å². The summed E-state index contributed by atoms with van der Waals surface area (Å²) in [4.78, 5) is 4.43. The first kappa shape index (κ1) is 8.94. The Bertz CT molecular complexity index is 278. The van der Waals surface area contributed by atoms with Crippen LogP contribution in [0.4, 0.5) is 5.13 Å². The van der Waals surface area contributed by atoms with E-state index in [0.717, 1.165) is 11.0 Å². The number of aromatic nitrogens is 2. The molecule has 1 N–H and O–H groups in total. The number of hydrogen-bond acceptors (Lipinski definition) is 4. The van der Waals surface area contributed by atoms with Crippen molar-refractivity contribution in [1.29, 1.82) is 0 Å². The molecule has 0 unspecified atom stereocenters. The Kier molecular flexibility index (Phi) is 2.49. The summed E-state index contributed by atoms with van der Waals surface area (Å²) in [6.45, 7) is 4.24.